The van der Waals surface area contributed by atoms with Gasteiger partial charge in [-0.15, -0.1) is 0 Å². The highest BCUT2D eigenvalue weighted by Gasteiger charge is 2.24. The van der Waals surface area contributed by atoms with Crippen LogP contribution in [0, 0.1) is 0 Å². The van der Waals surface area contributed by atoms with Crippen LogP contribution in [0.4, 0.5) is 0 Å². The van der Waals surface area contributed by atoms with Crippen molar-refractivity contribution in [2.24, 2.45) is 0 Å². The van der Waals surface area contributed by atoms with Gasteiger partial charge < -0.3 is 9.47 Å². The van der Waals surface area contributed by atoms with Gasteiger partial charge in [-0.2, -0.15) is 0 Å². The summed E-state index contributed by atoms with van der Waals surface area (Å²) < 4.78 is 53.8. The molecule has 0 amide bonds. The van der Waals surface area contributed by atoms with E-state index in [4.69, 9.17) is 0 Å². The number of fused-ring (bicyclic) bond motifs is 1. The SMILES string of the molecule is CN1CCC[C@@H]1Cc1cn(CS(=O)(=O)c2ccccc2)c2ccc(CCS(=O)(=O)c3ccccc3)cc12. The quantitative estimate of drug-likeness (QED) is 0.309. The molecular weight excluding hydrogens is 504 g/mol. The van der Waals surface area contributed by atoms with Gasteiger partial charge in [0.05, 0.1) is 15.5 Å². The highest BCUT2D eigenvalue weighted by atomic mass is 32.2. The summed E-state index contributed by atoms with van der Waals surface area (Å²) in [6, 6.07) is 23.4. The van der Waals surface area contributed by atoms with Gasteiger partial charge in [-0.1, -0.05) is 42.5 Å². The third kappa shape index (κ3) is 5.66. The van der Waals surface area contributed by atoms with Gasteiger partial charge in [0.25, 0.3) is 0 Å². The number of benzene rings is 3. The lowest BCUT2D eigenvalue weighted by atomic mass is 10.0. The van der Waals surface area contributed by atoms with E-state index in [1.54, 1.807) is 60.7 Å². The molecule has 1 fully saturated rings. The van der Waals surface area contributed by atoms with E-state index in [2.05, 4.69) is 11.9 Å². The molecule has 1 aromatic heterocycles. The van der Waals surface area contributed by atoms with Crippen LogP contribution in [0.25, 0.3) is 10.9 Å². The molecule has 3 aromatic carbocycles. The Morgan fingerprint density at radius 3 is 2.11 bits per heavy atom. The van der Waals surface area contributed by atoms with Crippen LogP contribution < -0.4 is 0 Å². The molecule has 1 aliphatic rings. The van der Waals surface area contributed by atoms with E-state index < -0.39 is 19.7 Å². The van der Waals surface area contributed by atoms with Crippen LogP contribution in [0.15, 0.2) is 94.9 Å². The van der Waals surface area contributed by atoms with Gasteiger partial charge >= 0.3 is 0 Å². The summed E-state index contributed by atoms with van der Waals surface area (Å²) in [5.74, 6) is -0.123. The van der Waals surface area contributed by atoms with Gasteiger partial charge in [-0.3, -0.25) is 0 Å². The number of rotatable bonds is 9. The van der Waals surface area contributed by atoms with Crippen molar-refractivity contribution in [3.8, 4) is 0 Å². The molecule has 0 saturated carbocycles. The highest BCUT2D eigenvalue weighted by molar-refractivity contribution is 7.91. The van der Waals surface area contributed by atoms with E-state index in [-0.39, 0.29) is 11.6 Å². The second-order valence-corrected chi connectivity index (χ2v) is 14.0. The third-order valence-corrected chi connectivity index (χ3v) is 10.7. The van der Waals surface area contributed by atoms with Crippen LogP contribution >= 0.6 is 0 Å². The number of likely N-dealkylation sites (tertiary alicyclic amines) is 1. The molecule has 1 saturated heterocycles. The predicted molar refractivity (Wildman–Crippen MR) is 147 cm³/mol. The van der Waals surface area contributed by atoms with Gasteiger partial charge in [-0.05, 0) is 86.8 Å². The number of hydrogen-bond donors (Lipinski definition) is 0. The summed E-state index contributed by atoms with van der Waals surface area (Å²) in [6.45, 7) is 1.06. The average Bonchev–Trinajstić information content (AvgIpc) is 3.46. The molecule has 37 heavy (non-hydrogen) atoms. The largest absolute Gasteiger partial charge is 0.332 e. The van der Waals surface area contributed by atoms with Crippen LogP contribution in [0.5, 0.6) is 0 Å². The molecule has 0 spiro atoms. The molecule has 1 aliphatic heterocycles. The van der Waals surface area contributed by atoms with Crippen LogP contribution in [-0.4, -0.2) is 51.7 Å². The molecule has 8 heteroatoms. The molecular formula is C29H32N2O4S2. The Hall–Kier alpha value is -2.94. The lowest BCUT2D eigenvalue weighted by Gasteiger charge is -2.18. The number of aromatic nitrogens is 1. The molecule has 4 aromatic rings. The van der Waals surface area contributed by atoms with Crippen LogP contribution in [0.3, 0.4) is 0 Å². The van der Waals surface area contributed by atoms with Crippen molar-refractivity contribution in [2.75, 3.05) is 19.3 Å². The van der Waals surface area contributed by atoms with E-state index in [0.717, 1.165) is 47.8 Å². The minimum absolute atomic E-state index is 0.0201. The first-order valence-corrected chi connectivity index (χ1v) is 15.9. The zero-order chi connectivity index (χ0) is 26.0. The summed E-state index contributed by atoms with van der Waals surface area (Å²) in [7, 11) is -4.78. The Kier molecular flexibility index (Phi) is 7.25. The van der Waals surface area contributed by atoms with Crippen LogP contribution in [-0.2, 0) is 38.4 Å². The topological polar surface area (TPSA) is 76.5 Å². The second kappa shape index (κ2) is 10.4. The monoisotopic (exact) mass is 536 g/mol. The normalized spacial score (nSPS) is 16.9. The minimum Gasteiger partial charge on any atom is -0.332 e. The first-order valence-electron chi connectivity index (χ1n) is 12.6. The Morgan fingerprint density at radius 1 is 0.838 bits per heavy atom. The van der Waals surface area contributed by atoms with Crippen molar-refractivity contribution in [1.82, 2.24) is 9.47 Å². The summed E-state index contributed by atoms with van der Waals surface area (Å²) in [5, 5.41) is 0.998. The predicted octanol–water partition coefficient (Wildman–Crippen LogP) is 4.73. The van der Waals surface area contributed by atoms with Crippen LogP contribution in [0.2, 0.25) is 0 Å². The van der Waals surface area contributed by atoms with Gasteiger partial charge in [0.15, 0.2) is 19.7 Å². The third-order valence-electron chi connectivity index (χ3n) is 7.33. The second-order valence-electron chi connectivity index (χ2n) is 9.90. The van der Waals surface area contributed by atoms with Crippen LogP contribution in [0.1, 0.15) is 24.0 Å². The van der Waals surface area contributed by atoms with E-state index in [0.29, 0.717) is 22.3 Å². The Morgan fingerprint density at radius 2 is 1.49 bits per heavy atom. The molecule has 0 aliphatic carbocycles. The molecule has 5 rings (SSSR count). The maximum atomic E-state index is 13.2. The van der Waals surface area contributed by atoms with Gasteiger partial charge in [0.1, 0.15) is 5.88 Å². The van der Waals surface area contributed by atoms with E-state index in [1.807, 2.05) is 29.0 Å². The molecule has 2 heterocycles. The van der Waals surface area contributed by atoms with Crippen molar-refractivity contribution < 1.29 is 16.8 Å². The van der Waals surface area contributed by atoms with Crippen molar-refractivity contribution >= 4 is 30.6 Å². The zero-order valence-corrected chi connectivity index (χ0v) is 22.6. The Labute approximate surface area is 219 Å². The van der Waals surface area contributed by atoms with E-state index in [1.165, 1.54) is 0 Å². The standard InChI is InChI=1S/C29H32N2O4S2/c1-30-17-8-9-25(30)20-24-21-31(22-37(34,35)27-12-6-3-7-13-27)29-15-14-23(19-28(24)29)16-18-36(32,33)26-10-4-2-5-11-26/h2-7,10-15,19,21,25H,8-9,16-18,20,22H2,1H3/t25-/m1/s1. The fraction of sp³-hybridized carbons (Fsp3) is 0.310. The van der Waals surface area contributed by atoms with Crippen molar-refractivity contribution in [3.63, 3.8) is 0 Å². The smallest absolute Gasteiger partial charge is 0.196 e. The molecule has 6 nitrogen and oxygen atoms in total. The summed E-state index contributed by atoms with van der Waals surface area (Å²) in [5.41, 5.74) is 2.88. The van der Waals surface area contributed by atoms with Crippen molar-refractivity contribution in [2.45, 2.75) is 47.4 Å². The zero-order valence-electron chi connectivity index (χ0n) is 21.0. The lowest BCUT2D eigenvalue weighted by molar-refractivity contribution is 0.309. The maximum Gasteiger partial charge on any atom is 0.196 e. The number of sulfone groups is 2. The summed E-state index contributed by atoms with van der Waals surface area (Å²) in [6.07, 6.45) is 5.47. The molecule has 0 N–H and O–H groups in total. The number of likely N-dealkylation sites (N-methyl/N-ethyl adjacent to an activating group) is 1. The molecule has 0 unspecified atom stereocenters. The molecule has 0 radical (unpaired) electrons. The molecule has 1 atom stereocenters. The maximum absolute atomic E-state index is 13.2. The Bertz CT molecular complexity index is 1600. The van der Waals surface area contributed by atoms with Crippen molar-refractivity contribution in [1.29, 1.82) is 0 Å². The number of nitrogens with zero attached hydrogens (tertiary/aromatic N) is 2. The first kappa shape index (κ1) is 25.7. The van der Waals surface area contributed by atoms with E-state index >= 15 is 0 Å². The summed E-state index contributed by atoms with van der Waals surface area (Å²) in [4.78, 5) is 3.00. The van der Waals surface area contributed by atoms with Crippen molar-refractivity contribution in [3.05, 3.63) is 96.2 Å². The van der Waals surface area contributed by atoms with E-state index in [9.17, 15) is 16.8 Å². The first-order chi connectivity index (χ1) is 17.7. The molecule has 194 valence electrons. The minimum atomic E-state index is -3.53. The molecule has 0 bridgehead atoms. The number of aryl methyl sites for hydroxylation is 1. The van der Waals surface area contributed by atoms with Gasteiger partial charge in [0.2, 0.25) is 0 Å². The lowest BCUT2D eigenvalue weighted by Crippen LogP contribution is -2.26. The number of hydrogen-bond acceptors (Lipinski definition) is 5. The highest BCUT2D eigenvalue weighted by Crippen LogP contribution is 2.29. The fourth-order valence-electron chi connectivity index (χ4n) is 5.22. The Balaban J connectivity index is 1.47. The average molecular weight is 537 g/mol. The summed E-state index contributed by atoms with van der Waals surface area (Å²) >= 11 is 0. The van der Waals surface area contributed by atoms with Gasteiger partial charge in [0, 0.05) is 23.1 Å². The van der Waals surface area contributed by atoms with Gasteiger partial charge in [-0.25, -0.2) is 16.8 Å². The fourth-order valence-corrected chi connectivity index (χ4v) is 7.83.